The topological polar surface area (TPSA) is 160 Å². The monoisotopic (exact) mass is 988 g/mol. The van der Waals surface area contributed by atoms with Crippen LogP contribution < -0.4 is 0 Å². The highest BCUT2D eigenvalue weighted by Crippen LogP contribution is 2.52. The average molecular weight is 989 g/mol. The fraction of sp³-hybridized carbons (Fsp3) is 0. The second-order valence-electron chi connectivity index (χ2n) is 18.3. The van der Waals surface area contributed by atoms with Gasteiger partial charge in [0.1, 0.15) is 6.07 Å². The van der Waals surface area contributed by atoms with Crippen molar-refractivity contribution in [3.05, 3.63) is 230 Å². The van der Waals surface area contributed by atoms with E-state index >= 15 is 0 Å². The first-order valence-corrected chi connectivity index (χ1v) is 23.7. The van der Waals surface area contributed by atoms with E-state index in [4.69, 9.17) is 26.3 Å². The van der Waals surface area contributed by atoms with Crippen molar-refractivity contribution in [2.24, 2.45) is 0 Å². The third-order valence-corrected chi connectivity index (χ3v) is 14.5. The molecular formula is C64H24N14. The van der Waals surface area contributed by atoms with E-state index in [0.717, 1.165) is 0 Å². The van der Waals surface area contributed by atoms with Crippen LogP contribution in [0.15, 0.2) is 146 Å². The molecule has 9 aromatic carbocycles. The normalized spacial score (nSPS) is 10.9. The summed E-state index contributed by atoms with van der Waals surface area (Å²) in [4.78, 5) is 19.6. The maximum atomic E-state index is 12.4. The molecule has 0 aliphatic heterocycles. The van der Waals surface area contributed by atoms with Gasteiger partial charge in [0.25, 0.3) is 0 Å². The van der Waals surface area contributed by atoms with Crippen molar-refractivity contribution in [3.63, 3.8) is 0 Å². The molecule has 0 unspecified atom stereocenters. The molecule has 0 N–H and O–H groups in total. The second kappa shape index (κ2) is 16.8. The smallest absolute Gasteiger partial charge is 0.237 e. The van der Waals surface area contributed by atoms with Gasteiger partial charge in [-0.3, -0.25) is 0 Å². The SMILES string of the molecule is [C-]#[N+]c1ccc2c(c1)c1cc(C#N)ccc1n2-c1c(C#N)c(-n2c3ccc(C#N)cc3c3cc(C#N)ccc32)c(-n2c3ccc(C#N)cc3c3cc([N+]#[C-])ccc32)c(-n2c3ccc([N+]#[C-])cc3c3cc([N+]#[C-])ccc32)c1[N+]#[C-]. The molecule has 0 radical (unpaired) electrons. The quantitative estimate of drug-likeness (QED) is 0.160. The van der Waals surface area contributed by atoms with Crippen LogP contribution in [-0.4, -0.2) is 18.3 Å². The zero-order valence-electron chi connectivity index (χ0n) is 40.1. The number of nitriles is 5. The number of nitrogens with zero attached hydrogens (tertiary/aromatic N) is 14. The minimum Gasteiger partial charge on any atom is -0.318 e. The van der Waals surface area contributed by atoms with Crippen LogP contribution in [0.4, 0.5) is 28.4 Å². The lowest BCUT2D eigenvalue weighted by Gasteiger charge is -2.27. The largest absolute Gasteiger partial charge is 0.318 e. The number of hydrogen-bond donors (Lipinski definition) is 0. The standard InChI is InChI=1S/C64H24N14/c1-70-39-10-18-56-47(26-39)45-24-37(32-67)6-14-52(45)75(56)61-51(34-69)62(76-53-15-7-35(30-65)22-43(53)44-23-36(31-66)8-16-54(44)76)64(78-55-17-9-38(33-68)25-46(55)48-27-40(71-2)13-21-59(48)78)63(60(61)74-5)77-57-19-11-41(72-3)28-49(57)50-29-42(73-4)12-20-58(50)77/h6-29H. The predicted octanol–water partition coefficient (Wildman–Crippen LogP) is 16.2. The van der Waals surface area contributed by atoms with Crippen molar-refractivity contribution in [3.8, 4) is 53.1 Å². The predicted molar refractivity (Wildman–Crippen MR) is 299 cm³/mol. The van der Waals surface area contributed by atoms with Crippen LogP contribution >= 0.6 is 0 Å². The van der Waals surface area contributed by atoms with Crippen LogP contribution in [0.5, 0.6) is 0 Å². The lowest BCUT2D eigenvalue weighted by molar-refractivity contribution is 1.03. The van der Waals surface area contributed by atoms with E-state index in [1.54, 1.807) is 146 Å². The molecule has 0 aliphatic carbocycles. The Balaban J connectivity index is 1.40. The Labute approximate surface area is 441 Å². The van der Waals surface area contributed by atoms with Crippen LogP contribution in [0.25, 0.3) is 134 Å². The van der Waals surface area contributed by atoms with Gasteiger partial charge in [0, 0.05) is 21.5 Å². The number of aromatic nitrogens is 4. The van der Waals surface area contributed by atoms with E-state index < -0.39 is 0 Å². The van der Waals surface area contributed by atoms with Crippen molar-refractivity contribution < 1.29 is 0 Å². The summed E-state index contributed by atoms with van der Waals surface area (Å²) >= 11 is 0. The molecule has 13 aromatic rings. The van der Waals surface area contributed by atoms with Crippen molar-refractivity contribution in [2.45, 2.75) is 0 Å². The highest BCUT2D eigenvalue weighted by Gasteiger charge is 2.35. The lowest BCUT2D eigenvalue weighted by Crippen LogP contribution is -2.14. The number of rotatable bonds is 4. The third kappa shape index (κ3) is 6.13. The summed E-state index contributed by atoms with van der Waals surface area (Å²) in [6, 6.07) is 53.2. The molecule has 14 nitrogen and oxygen atoms in total. The van der Waals surface area contributed by atoms with Crippen LogP contribution in [0, 0.1) is 89.5 Å². The minimum absolute atomic E-state index is 0.00235. The van der Waals surface area contributed by atoms with E-state index in [1.807, 2.05) is 18.3 Å². The average Bonchev–Trinajstić information content (AvgIpc) is 4.00. The van der Waals surface area contributed by atoms with Gasteiger partial charge in [0.2, 0.25) is 5.69 Å². The zero-order valence-corrected chi connectivity index (χ0v) is 40.1. The molecule has 0 saturated carbocycles. The van der Waals surface area contributed by atoms with Gasteiger partial charge < -0.3 is 18.3 Å². The third-order valence-electron chi connectivity index (χ3n) is 14.5. The molecule has 0 aliphatic rings. The Kier molecular flexibility index (Phi) is 9.71. The van der Waals surface area contributed by atoms with Gasteiger partial charge in [-0.2, -0.15) is 26.3 Å². The molecular weight excluding hydrogens is 965 g/mol. The molecule has 14 heteroatoms. The van der Waals surface area contributed by atoms with Crippen molar-refractivity contribution in [1.29, 1.82) is 26.3 Å². The molecule has 350 valence electrons. The fourth-order valence-electron chi connectivity index (χ4n) is 11.3. The van der Waals surface area contributed by atoms with Crippen LogP contribution in [0.2, 0.25) is 0 Å². The van der Waals surface area contributed by atoms with Gasteiger partial charge in [-0.25, -0.2) is 24.2 Å². The maximum Gasteiger partial charge on any atom is 0.237 e. The summed E-state index contributed by atoms with van der Waals surface area (Å²) in [5.74, 6) is 0. The fourth-order valence-corrected chi connectivity index (χ4v) is 11.3. The van der Waals surface area contributed by atoms with Gasteiger partial charge >= 0.3 is 0 Å². The lowest BCUT2D eigenvalue weighted by atomic mass is 10.0. The van der Waals surface area contributed by atoms with E-state index in [1.165, 1.54) is 0 Å². The van der Waals surface area contributed by atoms with Gasteiger partial charge in [-0.1, -0.05) is 24.3 Å². The second-order valence-corrected chi connectivity index (χ2v) is 18.3. The summed E-state index contributed by atoms with van der Waals surface area (Å²) < 4.78 is 7.61. The summed E-state index contributed by atoms with van der Waals surface area (Å²) in [5, 5.41) is 58.4. The number of hydrogen-bond acceptors (Lipinski definition) is 5. The van der Waals surface area contributed by atoms with Gasteiger partial charge in [0.15, 0.2) is 22.7 Å². The maximum absolute atomic E-state index is 12.4. The van der Waals surface area contributed by atoms with Crippen molar-refractivity contribution >= 4 is 116 Å². The number of fused-ring (bicyclic) bond motifs is 12. The van der Waals surface area contributed by atoms with Gasteiger partial charge in [-0.05, 0) is 143 Å². The van der Waals surface area contributed by atoms with Crippen LogP contribution in [-0.2, 0) is 0 Å². The Morgan fingerprint density at radius 3 is 0.795 bits per heavy atom. The Hall–Kier alpha value is -12.9. The molecule has 0 atom stereocenters. The molecule has 4 aromatic heterocycles. The van der Waals surface area contributed by atoms with E-state index in [9.17, 15) is 32.9 Å². The molecule has 0 amide bonds. The van der Waals surface area contributed by atoms with Crippen LogP contribution in [0.1, 0.15) is 27.8 Å². The molecule has 0 saturated heterocycles. The van der Waals surface area contributed by atoms with Crippen molar-refractivity contribution in [2.75, 3.05) is 0 Å². The first-order chi connectivity index (χ1) is 38.2. The Bertz CT molecular complexity index is 4990. The molecule has 78 heavy (non-hydrogen) atoms. The summed E-state index contributed by atoms with van der Waals surface area (Å²) in [6.45, 7) is 41.9. The van der Waals surface area contributed by atoms with Gasteiger partial charge in [-0.15, -0.1) is 0 Å². The molecule has 0 fully saturated rings. The van der Waals surface area contributed by atoms with Crippen LogP contribution in [0.3, 0.4) is 0 Å². The Morgan fingerprint density at radius 2 is 0.526 bits per heavy atom. The summed E-state index contributed by atoms with van der Waals surface area (Å²) in [6.07, 6.45) is 0. The first kappa shape index (κ1) is 45.0. The molecule has 13 rings (SSSR count). The minimum atomic E-state index is -0.0225. The molecule has 4 heterocycles. The first-order valence-electron chi connectivity index (χ1n) is 23.7. The molecule has 0 bridgehead atoms. The molecule has 0 spiro atoms. The van der Waals surface area contributed by atoms with Gasteiger partial charge in [0.05, 0.1) is 152 Å². The highest BCUT2D eigenvalue weighted by atomic mass is 15.1. The number of benzene rings is 9. The van der Waals surface area contributed by atoms with E-state index in [0.29, 0.717) is 138 Å². The summed E-state index contributed by atoms with van der Waals surface area (Å²) in [7, 11) is 0. The van der Waals surface area contributed by atoms with E-state index in [2.05, 4.69) is 54.6 Å². The highest BCUT2D eigenvalue weighted by molar-refractivity contribution is 6.18. The van der Waals surface area contributed by atoms with E-state index in [-0.39, 0.29) is 28.3 Å². The summed E-state index contributed by atoms with van der Waals surface area (Å²) in [5.41, 5.74) is 7.78. The zero-order chi connectivity index (χ0) is 53.7. The Morgan fingerprint density at radius 1 is 0.269 bits per heavy atom. The van der Waals surface area contributed by atoms with Crippen molar-refractivity contribution in [1.82, 2.24) is 18.3 Å².